The van der Waals surface area contributed by atoms with Gasteiger partial charge in [-0.25, -0.2) is 9.59 Å². The lowest BCUT2D eigenvalue weighted by Crippen LogP contribution is -2.10. The number of carbonyl (C=O) groups excluding carboxylic acids is 3. The molecule has 0 aliphatic carbocycles. The van der Waals surface area contributed by atoms with Crippen molar-refractivity contribution < 1.29 is 23.9 Å². The summed E-state index contributed by atoms with van der Waals surface area (Å²) in [5.74, 6) is -0.133. The molecule has 0 saturated carbocycles. The molecule has 45 heavy (non-hydrogen) atoms. The molecule has 3 aromatic rings. The molecule has 3 aromatic carbocycles. The van der Waals surface area contributed by atoms with Crippen molar-refractivity contribution in [1.82, 2.24) is 0 Å². The van der Waals surface area contributed by atoms with Crippen LogP contribution in [0.2, 0.25) is 0 Å². The number of unbranched alkanes of at least 4 members (excludes halogenated alkanes) is 13. The predicted octanol–water partition coefficient (Wildman–Crippen LogP) is 11.1. The van der Waals surface area contributed by atoms with Gasteiger partial charge in [0.15, 0.2) is 5.78 Å². The third-order valence-electron chi connectivity index (χ3n) is 8.20. The van der Waals surface area contributed by atoms with Crippen LogP contribution in [0.15, 0.2) is 72.8 Å². The fourth-order valence-corrected chi connectivity index (χ4v) is 5.36. The average molecular weight is 613 g/mol. The number of aryl methyl sites for hydroxylation is 1. The maximum atomic E-state index is 12.7. The summed E-state index contributed by atoms with van der Waals surface area (Å²) in [7, 11) is 0. The maximum Gasteiger partial charge on any atom is 0.343 e. The third-order valence-corrected chi connectivity index (χ3v) is 8.20. The molecule has 0 heterocycles. The zero-order valence-electron chi connectivity index (χ0n) is 27.5. The number of ether oxygens (including phenoxy) is 2. The molecule has 5 nitrogen and oxygen atoms in total. The Labute approximate surface area is 270 Å². The summed E-state index contributed by atoms with van der Waals surface area (Å²) >= 11 is 0. The summed E-state index contributed by atoms with van der Waals surface area (Å²) in [6, 6.07) is 20.6. The highest BCUT2D eigenvalue weighted by atomic mass is 16.5. The van der Waals surface area contributed by atoms with E-state index in [0.717, 1.165) is 25.7 Å². The Morgan fingerprint density at radius 1 is 0.444 bits per heavy atom. The van der Waals surface area contributed by atoms with E-state index in [1.807, 2.05) is 24.3 Å². The van der Waals surface area contributed by atoms with E-state index in [1.165, 1.54) is 82.6 Å². The fourth-order valence-electron chi connectivity index (χ4n) is 5.36. The molecule has 0 amide bonds. The highest BCUT2D eigenvalue weighted by Gasteiger charge is 2.13. The van der Waals surface area contributed by atoms with Crippen molar-refractivity contribution in [2.24, 2.45) is 0 Å². The molecule has 0 aromatic heterocycles. The highest BCUT2D eigenvalue weighted by Crippen LogP contribution is 2.20. The first-order chi connectivity index (χ1) is 22.0. The molecule has 0 aliphatic rings. The summed E-state index contributed by atoms with van der Waals surface area (Å²) in [4.78, 5) is 37.8. The van der Waals surface area contributed by atoms with E-state index in [1.54, 1.807) is 48.5 Å². The van der Waals surface area contributed by atoms with E-state index < -0.39 is 11.9 Å². The minimum Gasteiger partial charge on any atom is -0.423 e. The summed E-state index contributed by atoms with van der Waals surface area (Å²) in [6.45, 7) is 4.45. The Hall–Kier alpha value is -3.73. The molecule has 0 spiro atoms. The molecule has 0 aliphatic heterocycles. The smallest absolute Gasteiger partial charge is 0.343 e. The minimum absolute atomic E-state index is 0.112. The van der Waals surface area contributed by atoms with Crippen LogP contribution >= 0.6 is 0 Å². The molecule has 5 heteroatoms. The number of carbonyl (C=O) groups is 3. The van der Waals surface area contributed by atoms with E-state index in [4.69, 9.17) is 9.47 Å². The first-order valence-electron chi connectivity index (χ1n) is 17.3. The van der Waals surface area contributed by atoms with Crippen LogP contribution in [0.3, 0.4) is 0 Å². The second-order valence-corrected chi connectivity index (χ2v) is 12.0. The van der Waals surface area contributed by atoms with E-state index in [2.05, 4.69) is 13.8 Å². The number of esters is 2. The second-order valence-electron chi connectivity index (χ2n) is 12.0. The van der Waals surface area contributed by atoms with Crippen LogP contribution < -0.4 is 9.47 Å². The molecular formula is C40H52O5. The summed E-state index contributed by atoms with van der Waals surface area (Å²) in [6.07, 6.45) is 20.1. The Morgan fingerprint density at radius 3 is 1.29 bits per heavy atom. The van der Waals surface area contributed by atoms with Crippen molar-refractivity contribution in [3.8, 4) is 11.5 Å². The maximum absolute atomic E-state index is 12.7. The lowest BCUT2D eigenvalue weighted by molar-refractivity contribution is 0.0730. The Bertz CT molecular complexity index is 1280. The second kappa shape index (κ2) is 21.1. The number of Topliss-reactive ketones (excluding diaryl/α,β-unsaturated/α-hetero) is 1. The largest absolute Gasteiger partial charge is 0.423 e. The van der Waals surface area contributed by atoms with Gasteiger partial charge in [0, 0.05) is 12.0 Å². The zero-order valence-corrected chi connectivity index (χ0v) is 27.5. The number of hydrogen-bond donors (Lipinski definition) is 0. The van der Waals surface area contributed by atoms with Crippen molar-refractivity contribution in [2.75, 3.05) is 0 Å². The van der Waals surface area contributed by atoms with Gasteiger partial charge in [0.2, 0.25) is 0 Å². The molecule has 0 fully saturated rings. The molecule has 0 bridgehead atoms. The standard InChI is InChI=1S/C40H52O5/c1-3-5-7-9-11-13-14-16-18-32-20-22-34(23-21-32)39(42)45-37-30-26-35(27-31-37)40(43)44-36-28-24-33(25-29-36)38(41)19-17-15-12-10-8-6-4-2/h20-31H,3-19H2,1-2H3. The molecule has 3 rings (SSSR count). The van der Waals surface area contributed by atoms with Crippen molar-refractivity contribution in [1.29, 1.82) is 0 Å². The number of hydrogen-bond acceptors (Lipinski definition) is 5. The minimum atomic E-state index is -0.526. The van der Waals surface area contributed by atoms with Crippen LogP contribution in [0, 0.1) is 0 Å². The van der Waals surface area contributed by atoms with Gasteiger partial charge in [0.25, 0.3) is 0 Å². The average Bonchev–Trinajstić information content (AvgIpc) is 3.06. The van der Waals surface area contributed by atoms with Crippen molar-refractivity contribution in [2.45, 2.75) is 123 Å². The quantitative estimate of drug-likeness (QED) is 0.0488. The summed E-state index contributed by atoms with van der Waals surface area (Å²) < 4.78 is 11.0. The third kappa shape index (κ3) is 13.8. The topological polar surface area (TPSA) is 69.7 Å². The lowest BCUT2D eigenvalue weighted by Gasteiger charge is -2.08. The van der Waals surface area contributed by atoms with Gasteiger partial charge in [0.05, 0.1) is 11.1 Å². The summed E-state index contributed by atoms with van der Waals surface area (Å²) in [5, 5.41) is 0. The van der Waals surface area contributed by atoms with Gasteiger partial charge >= 0.3 is 11.9 Å². The van der Waals surface area contributed by atoms with E-state index in [0.29, 0.717) is 34.6 Å². The van der Waals surface area contributed by atoms with Crippen LogP contribution in [0.25, 0.3) is 0 Å². The van der Waals surface area contributed by atoms with Crippen LogP contribution in [-0.2, 0) is 6.42 Å². The van der Waals surface area contributed by atoms with E-state index >= 15 is 0 Å². The molecule has 0 N–H and O–H groups in total. The van der Waals surface area contributed by atoms with Gasteiger partial charge < -0.3 is 9.47 Å². The van der Waals surface area contributed by atoms with Gasteiger partial charge in [-0.15, -0.1) is 0 Å². The first-order valence-corrected chi connectivity index (χ1v) is 17.3. The molecule has 0 radical (unpaired) electrons. The monoisotopic (exact) mass is 612 g/mol. The molecule has 0 atom stereocenters. The van der Waals surface area contributed by atoms with E-state index in [-0.39, 0.29) is 5.78 Å². The first kappa shape index (κ1) is 35.7. The number of ketones is 1. The molecule has 242 valence electrons. The SMILES string of the molecule is CCCCCCCCCCc1ccc(C(=O)Oc2ccc(C(=O)Oc3ccc(C(=O)CCCCCCCCC)cc3)cc2)cc1. The molecule has 0 unspecified atom stereocenters. The number of benzene rings is 3. The van der Waals surface area contributed by atoms with Crippen molar-refractivity contribution in [3.05, 3.63) is 95.1 Å². The van der Waals surface area contributed by atoms with Gasteiger partial charge in [-0.1, -0.05) is 109 Å². The Morgan fingerprint density at radius 2 is 0.822 bits per heavy atom. The highest BCUT2D eigenvalue weighted by molar-refractivity contribution is 5.96. The normalized spacial score (nSPS) is 10.9. The van der Waals surface area contributed by atoms with Gasteiger partial charge in [-0.05, 0) is 85.5 Å². The van der Waals surface area contributed by atoms with Crippen LogP contribution in [0.1, 0.15) is 153 Å². The van der Waals surface area contributed by atoms with Gasteiger partial charge in [0.1, 0.15) is 11.5 Å². The number of rotatable bonds is 22. The Kier molecular flexibility index (Phi) is 16.7. The predicted molar refractivity (Wildman–Crippen MR) is 182 cm³/mol. The van der Waals surface area contributed by atoms with Crippen molar-refractivity contribution >= 4 is 17.7 Å². The summed E-state index contributed by atoms with van der Waals surface area (Å²) in [5.41, 5.74) is 2.68. The van der Waals surface area contributed by atoms with Crippen LogP contribution in [0.4, 0.5) is 0 Å². The molecule has 0 saturated heterocycles. The zero-order chi connectivity index (χ0) is 32.1. The fraction of sp³-hybridized carbons (Fsp3) is 0.475. The van der Waals surface area contributed by atoms with Gasteiger partial charge in [-0.3, -0.25) is 4.79 Å². The Balaban J connectivity index is 1.37. The van der Waals surface area contributed by atoms with Crippen LogP contribution in [-0.4, -0.2) is 17.7 Å². The van der Waals surface area contributed by atoms with Gasteiger partial charge in [-0.2, -0.15) is 0 Å². The molecular weight excluding hydrogens is 560 g/mol. The lowest BCUT2D eigenvalue weighted by atomic mass is 10.0. The van der Waals surface area contributed by atoms with Crippen molar-refractivity contribution in [3.63, 3.8) is 0 Å². The van der Waals surface area contributed by atoms with E-state index in [9.17, 15) is 14.4 Å². The van der Waals surface area contributed by atoms with Crippen LogP contribution in [0.5, 0.6) is 11.5 Å².